The number of primary amides is 1. The minimum atomic E-state index is -1.30. The largest absolute Gasteiger partial charge is 0.491 e. The highest BCUT2D eigenvalue weighted by molar-refractivity contribution is 6.01. The molecule has 13 nitrogen and oxygen atoms in total. The van der Waals surface area contributed by atoms with E-state index >= 15 is 0 Å². The van der Waals surface area contributed by atoms with Gasteiger partial charge in [0.25, 0.3) is 5.91 Å². The Bertz CT molecular complexity index is 1410. The van der Waals surface area contributed by atoms with Gasteiger partial charge in [-0.05, 0) is 36.1 Å². The van der Waals surface area contributed by atoms with Gasteiger partial charge in [0.1, 0.15) is 24.4 Å². The van der Waals surface area contributed by atoms with Gasteiger partial charge >= 0.3 is 0 Å². The van der Waals surface area contributed by atoms with Gasteiger partial charge in [-0.3, -0.25) is 28.8 Å². The van der Waals surface area contributed by atoms with E-state index in [-0.39, 0.29) is 49.8 Å². The standard InChI is InChI=1S/C31H38N6O7/c1-36-14-15-44-25-9-3-2-8-22(25)29(41)35-24(17-27(39)34-23(31(36)43)11-12-26(32)38)30(42)33-18-20-6-4-7-21(16-20)19-37-13-5-10-28(37)40/h2-4,6-9,16,23-24H,5,10-15,17-19H2,1H3,(H2,32,38)(H,33,42)(H,34,39)(H,35,41)/t23-,24-/m0/s1. The van der Waals surface area contributed by atoms with E-state index in [0.29, 0.717) is 19.5 Å². The van der Waals surface area contributed by atoms with Crippen molar-refractivity contribution >= 4 is 35.4 Å². The van der Waals surface area contributed by atoms with Crippen LogP contribution >= 0.6 is 0 Å². The van der Waals surface area contributed by atoms with Crippen LogP contribution < -0.4 is 26.4 Å². The number of carbonyl (C=O) groups is 6. The predicted octanol–water partition coefficient (Wildman–Crippen LogP) is 0.215. The van der Waals surface area contributed by atoms with Gasteiger partial charge in [-0.15, -0.1) is 0 Å². The molecule has 0 aromatic heterocycles. The van der Waals surface area contributed by atoms with E-state index in [0.717, 1.165) is 17.5 Å². The number of fused-ring (bicyclic) bond motifs is 1. The lowest BCUT2D eigenvalue weighted by atomic mass is 10.1. The lowest BCUT2D eigenvalue weighted by Crippen LogP contribution is -2.52. The van der Waals surface area contributed by atoms with Gasteiger partial charge in [-0.2, -0.15) is 0 Å². The van der Waals surface area contributed by atoms with Crippen molar-refractivity contribution in [1.29, 1.82) is 0 Å². The van der Waals surface area contributed by atoms with E-state index in [1.54, 1.807) is 23.1 Å². The quantitative estimate of drug-likeness (QED) is 0.332. The van der Waals surface area contributed by atoms with Crippen molar-refractivity contribution in [3.05, 3.63) is 65.2 Å². The number of rotatable bonds is 8. The Kier molecular flexibility index (Phi) is 10.9. The first-order valence-electron chi connectivity index (χ1n) is 14.6. The molecular formula is C31H38N6O7. The van der Waals surface area contributed by atoms with Crippen LogP contribution in [0.2, 0.25) is 0 Å². The third-order valence-corrected chi connectivity index (χ3v) is 7.52. The van der Waals surface area contributed by atoms with Gasteiger partial charge in [0.2, 0.25) is 29.5 Å². The fourth-order valence-electron chi connectivity index (χ4n) is 5.12. The molecule has 2 aliphatic rings. The molecule has 2 atom stereocenters. The van der Waals surface area contributed by atoms with E-state index in [2.05, 4.69) is 16.0 Å². The highest BCUT2D eigenvalue weighted by Gasteiger charge is 2.30. The fraction of sp³-hybridized carbons (Fsp3) is 0.419. The zero-order valence-corrected chi connectivity index (χ0v) is 24.7. The molecule has 234 valence electrons. The summed E-state index contributed by atoms with van der Waals surface area (Å²) in [6.07, 6.45) is 0.741. The Labute approximate surface area is 255 Å². The van der Waals surface area contributed by atoms with Gasteiger partial charge in [0.05, 0.1) is 18.5 Å². The van der Waals surface area contributed by atoms with Crippen LogP contribution in [0, 0.1) is 0 Å². The number of nitrogens with zero attached hydrogens (tertiary/aromatic N) is 2. The van der Waals surface area contributed by atoms with E-state index in [1.807, 2.05) is 24.3 Å². The molecule has 4 rings (SSSR count). The molecule has 2 heterocycles. The van der Waals surface area contributed by atoms with Crippen molar-refractivity contribution in [2.75, 3.05) is 26.7 Å². The van der Waals surface area contributed by atoms with E-state index < -0.39 is 48.0 Å². The zero-order valence-electron chi connectivity index (χ0n) is 24.7. The summed E-state index contributed by atoms with van der Waals surface area (Å²) in [5.74, 6) is -2.60. The number of benzene rings is 2. The second kappa shape index (κ2) is 15.0. The highest BCUT2D eigenvalue weighted by atomic mass is 16.5. The maximum absolute atomic E-state index is 13.4. The first kappa shape index (κ1) is 32.0. The molecule has 6 amide bonds. The number of ether oxygens (including phenoxy) is 1. The number of para-hydroxylation sites is 1. The number of hydrogen-bond donors (Lipinski definition) is 4. The second-order valence-corrected chi connectivity index (χ2v) is 10.9. The molecule has 0 saturated carbocycles. The molecule has 2 aromatic rings. The number of carbonyl (C=O) groups excluding carboxylic acids is 6. The second-order valence-electron chi connectivity index (χ2n) is 10.9. The third kappa shape index (κ3) is 8.79. The zero-order chi connectivity index (χ0) is 31.6. The Morgan fingerprint density at radius 3 is 2.55 bits per heavy atom. The molecule has 0 bridgehead atoms. The van der Waals surface area contributed by atoms with Crippen LogP contribution in [-0.4, -0.2) is 84.1 Å². The van der Waals surface area contributed by atoms with Crippen LogP contribution in [0.15, 0.2) is 48.5 Å². The van der Waals surface area contributed by atoms with Crippen LogP contribution in [0.4, 0.5) is 0 Å². The molecule has 0 radical (unpaired) electrons. The minimum Gasteiger partial charge on any atom is -0.491 e. The van der Waals surface area contributed by atoms with Crippen LogP contribution in [0.5, 0.6) is 5.75 Å². The predicted molar refractivity (Wildman–Crippen MR) is 159 cm³/mol. The van der Waals surface area contributed by atoms with E-state index in [4.69, 9.17) is 10.5 Å². The fourth-order valence-corrected chi connectivity index (χ4v) is 5.12. The molecular weight excluding hydrogens is 568 g/mol. The summed E-state index contributed by atoms with van der Waals surface area (Å²) in [7, 11) is 1.54. The summed E-state index contributed by atoms with van der Waals surface area (Å²) < 4.78 is 5.80. The van der Waals surface area contributed by atoms with Gasteiger partial charge in [-0.25, -0.2) is 0 Å². The Balaban J connectivity index is 1.52. The van der Waals surface area contributed by atoms with Crippen molar-refractivity contribution in [3.8, 4) is 5.75 Å². The summed E-state index contributed by atoms with van der Waals surface area (Å²) in [6.45, 7) is 1.50. The summed E-state index contributed by atoms with van der Waals surface area (Å²) >= 11 is 0. The Morgan fingerprint density at radius 2 is 1.80 bits per heavy atom. The number of likely N-dealkylation sites (N-methyl/N-ethyl adjacent to an activating group) is 1. The maximum atomic E-state index is 13.4. The lowest BCUT2D eigenvalue weighted by molar-refractivity contribution is -0.136. The molecule has 13 heteroatoms. The Morgan fingerprint density at radius 1 is 1.02 bits per heavy atom. The molecule has 0 unspecified atom stereocenters. The molecule has 1 fully saturated rings. The molecule has 5 N–H and O–H groups in total. The number of nitrogens with two attached hydrogens (primary N) is 1. The SMILES string of the molecule is CN1CCOc2ccccc2C(=O)N[C@H](C(=O)NCc2cccc(CN3CCCC3=O)c2)CC(=O)N[C@@H](CCC(N)=O)C1=O. The van der Waals surface area contributed by atoms with Crippen LogP contribution in [-0.2, 0) is 37.1 Å². The molecule has 44 heavy (non-hydrogen) atoms. The number of nitrogens with one attached hydrogen (secondary N) is 3. The molecule has 2 aliphatic heterocycles. The monoisotopic (exact) mass is 606 g/mol. The first-order valence-corrected chi connectivity index (χ1v) is 14.6. The lowest BCUT2D eigenvalue weighted by Gasteiger charge is -2.26. The molecule has 0 spiro atoms. The highest BCUT2D eigenvalue weighted by Crippen LogP contribution is 2.19. The number of likely N-dealkylation sites (tertiary alicyclic amines) is 1. The van der Waals surface area contributed by atoms with Gasteiger partial charge in [-0.1, -0.05) is 36.4 Å². The molecule has 0 aliphatic carbocycles. The topological polar surface area (TPSA) is 180 Å². The summed E-state index contributed by atoms with van der Waals surface area (Å²) in [5.41, 5.74) is 7.14. The van der Waals surface area contributed by atoms with Crippen LogP contribution in [0.3, 0.4) is 0 Å². The van der Waals surface area contributed by atoms with Gasteiger partial charge in [0, 0.05) is 39.5 Å². The summed E-state index contributed by atoms with van der Waals surface area (Å²) in [4.78, 5) is 79.6. The third-order valence-electron chi connectivity index (χ3n) is 7.52. The smallest absolute Gasteiger partial charge is 0.255 e. The minimum absolute atomic E-state index is 0.0312. The van der Waals surface area contributed by atoms with Crippen molar-refractivity contribution < 1.29 is 33.5 Å². The van der Waals surface area contributed by atoms with E-state index in [9.17, 15) is 28.8 Å². The Hall–Kier alpha value is -4.94. The maximum Gasteiger partial charge on any atom is 0.255 e. The van der Waals surface area contributed by atoms with Crippen molar-refractivity contribution in [2.24, 2.45) is 5.73 Å². The van der Waals surface area contributed by atoms with Crippen molar-refractivity contribution in [3.63, 3.8) is 0 Å². The van der Waals surface area contributed by atoms with Crippen molar-refractivity contribution in [2.45, 2.75) is 57.3 Å². The summed E-state index contributed by atoms with van der Waals surface area (Å²) in [5, 5.41) is 8.02. The van der Waals surface area contributed by atoms with Crippen LogP contribution in [0.1, 0.15) is 53.6 Å². The van der Waals surface area contributed by atoms with Gasteiger partial charge < -0.3 is 36.2 Å². The van der Waals surface area contributed by atoms with Crippen molar-refractivity contribution in [1.82, 2.24) is 25.8 Å². The molecule has 2 aromatic carbocycles. The van der Waals surface area contributed by atoms with Crippen LogP contribution in [0.25, 0.3) is 0 Å². The molecule has 1 saturated heterocycles. The first-order chi connectivity index (χ1) is 21.1. The average molecular weight is 607 g/mol. The summed E-state index contributed by atoms with van der Waals surface area (Å²) in [6, 6.07) is 11.6. The number of amides is 6. The number of hydrogen-bond acceptors (Lipinski definition) is 7. The van der Waals surface area contributed by atoms with E-state index in [1.165, 1.54) is 18.0 Å². The average Bonchev–Trinajstić information content (AvgIpc) is 3.40. The normalized spacial score (nSPS) is 19.8. The van der Waals surface area contributed by atoms with Gasteiger partial charge in [0.15, 0.2) is 0 Å².